The first kappa shape index (κ1) is 18.7. The molecule has 0 spiro atoms. The Morgan fingerprint density at radius 2 is 2.00 bits per heavy atom. The van der Waals surface area contributed by atoms with Crippen LogP contribution < -0.4 is 5.32 Å². The molecule has 1 aromatic carbocycles. The predicted octanol–water partition coefficient (Wildman–Crippen LogP) is 4.70. The highest BCUT2D eigenvalue weighted by Crippen LogP contribution is 2.27. The molecule has 0 unspecified atom stereocenters. The summed E-state index contributed by atoms with van der Waals surface area (Å²) in [6, 6.07) is 6.27. The van der Waals surface area contributed by atoms with Gasteiger partial charge in [0.15, 0.2) is 0 Å². The monoisotopic (exact) mass is 446 g/mol. The highest BCUT2D eigenvalue weighted by molar-refractivity contribution is 9.11. The third kappa shape index (κ3) is 6.08. The number of hydrogen-bond donors (Lipinski definition) is 1. The minimum Gasteiger partial charge on any atom is -0.444 e. The summed E-state index contributed by atoms with van der Waals surface area (Å²) >= 11 is 7.23. The largest absolute Gasteiger partial charge is 0.444 e. The van der Waals surface area contributed by atoms with E-state index < -0.39 is 5.60 Å². The van der Waals surface area contributed by atoms with Crippen LogP contribution in [0.15, 0.2) is 27.1 Å². The molecule has 1 saturated heterocycles. The van der Waals surface area contributed by atoms with Crippen molar-refractivity contribution in [1.82, 2.24) is 10.2 Å². The van der Waals surface area contributed by atoms with Gasteiger partial charge < -0.3 is 10.1 Å². The van der Waals surface area contributed by atoms with Crippen LogP contribution in [0.4, 0.5) is 4.79 Å². The fraction of sp³-hybridized carbons (Fsp3) is 0.588. The molecule has 1 aromatic rings. The predicted molar refractivity (Wildman–Crippen MR) is 99.5 cm³/mol. The maximum Gasteiger partial charge on any atom is 0.407 e. The van der Waals surface area contributed by atoms with Crippen LogP contribution in [0.2, 0.25) is 0 Å². The molecule has 1 atom stereocenters. The van der Waals surface area contributed by atoms with E-state index in [1.54, 1.807) is 0 Å². The van der Waals surface area contributed by atoms with Gasteiger partial charge in [0.25, 0.3) is 0 Å². The molecule has 0 bridgehead atoms. The number of nitrogens with one attached hydrogen (secondary N) is 1. The van der Waals surface area contributed by atoms with Crippen molar-refractivity contribution < 1.29 is 9.53 Å². The Hall–Kier alpha value is -0.590. The summed E-state index contributed by atoms with van der Waals surface area (Å²) < 4.78 is 7.56. The highest BCUT2D eigenvalue weighted by atomic mass is 79.9. The number of piperidine rings is 1. The van der Waals surface area contributed by atoms with Gasteiger partial charge in [-0.05, 0) is 57.9 Å². The first-order valence-corrected chi connectivity index (χ1v) is 9.48. The topological polar surface area (TPSA) is 41.6 Å². The van der Waals surface area contributed by atoms with Crippen LogP contribution in [0.25, 0.3) is 0 Å². The number of nitrogens with zero attached hydrogens (tertiary/aromatic N) is 1. The van der Waals surface area contributed by atoms with Crippen LogP contribution in [0.1, 0.15) is 39.2 Å². The maximum absolute atomic E-state index is 11.9. The molecule has 1 fully saturated rings. The molecule has 1 N–H and O–H groups in total. The number of hydrogen-bond acceptors (Lipinski definition) is 3. The van der Waals surface area contributed by atoms with Crippen LogP contribution in [-0.4, -0.2) is 35.7 Å². The van der Waals surface area contributed by atoms with E-state index in [0.717, 1.165) is 41.4 Å². The number of benzene rings is 1. The zero-order valence-corrected chi connectivity index (χ0v) is 17.0. The molecule has 0 aromatic heterocycles. The van der Waals surface area contributed by atoms with E-state index in [1.165, 1.54) is 5.56 Å². The summed E-state index contributed by atoms with van der Waals surface area (Å²) in [5.74, 6) is 0. The number of rotatable bonds is 3. The summed E-state index contributed by atoms with van der Waals surface area (Å²) in [5.41, 5.74) is 0.781. The van der Waals surface area contributed by atoms with Crippen molar-refractivity contribution in [3.63, 3.8) is 0 Å². The molecule has 1 aliphatic rings. The number of likely N-dealkylation sites (tertiary alicyclic amines) is 1. The molecule has 0 radical (unpaired) electrons. The normalized spacial score (nSPS) is 19.4. The number of halogens is 2. The Labute approximate surface area is 155 Å². The average Bonchev–Trinajstić information content (AvgIpc) is 2.41. The van der Waals surface area contributed by atoms with Crippen LogP contribution in [-0.2, 0) is 11.3 Å². The van der Waals surface area contributed by atoms with Crippen LogP contribution in [0.5, 0.6) is 0 Å². The van der Waals surface area contributed by atoms with Gasteiger partial charge in [-0.2, -0.15) is 0 Å². The van der Waals surface area contributed by atoms with E-state index in [1.807, 2.05) is 26.8 Å². The molecule has 4 nitrogen and oxygen atoms in total. The summed E-state index contributed by atoms with van der Waals surface area (Å²) in [6.45, 7) is 8.38. The van der Waals surface area contributed by atoms with E-state index >= 15 is 0 Å². The second-order valence-corrected chi connectivity index (χ2v) is 8.63. The molecule has 0 saturated carbocycles. The zero-order chi connectivity index (χ0) is 17.0. The van der Waals surface area contributed by atoms with Gasteiger partial charge in [-0.25, -0.2) is 4.79 Å². The van der Waals surface area contributed by atoms with E-state index in [9.17, 15) is 4.79 Å². The Bertz CT molecular complexity index is 538. The van der Waals surface area contributed by atoms with Crippen LogP contribution in [0.3, 0.4) is 0 Å². The first-order chi connectivity index (χ1) is 10.7. The first-order valence-electron chi connectivity index (χ1n) is 7.89. The third-order valence-electron chi connectivity index (χ3n) is 3.67. The molecule has 6 heteroatoms. The van der Waals surface area contributed by atoms with Gasteiger partial charge in [-0.3, -0.25) is 4.90 Å². The summed E-state index contributed by atoms with van der Waals surface area (Å²) in [6.07, 6.45) is 1.74. The minimum atomic E-state index is -0.460. The van der Waals surface area contributed by atoms with Crippen molar-refractivity contribution >= 4 is 38.0 Å². The summed E-state index contributed by atoms with van der Waals surface area (Å²) in [5, 5.41) is 2.99. The molecule has 0 aliphatic carbocycles. The zero-order valence-electron chi connectivity index (χ0n) is 13.9. The Morgan fingerprint density at radius 3 is 2.61 bits per heavy atom. The molecule has 2 rings (SSSR count). The highest BCUT2D eigenvalue weighted by Gasteiger charge is 2.24. The molecular weight excluding hydrogens is 424 g/mol. The van der Waals surface area contributed by atoms with Crippen molar-refractivity contribution in [2.45, 2.75) is 51.8 Å². The van der Waals surface area contributed by atoms with Gasteiger partial charge in [0.2, 0.25) is 0 Å². The number of ether oxygens (including phenoxy) is 1. The average molecular weight is 448 g/mol. The Morgan fingerprint density at radius 1 is 1.35 bits per heavy atom. The van der Waals surface area contributed by atoms with Gasteiger partial charge in [-0.1, -0.05) is 37.9 Å². The van der Waals surface area contributed by atoms with Crippen molar-refractivity contribution in [3.8, 4) is 0 Å². The summed E-state index contributed by atoms with van der Waals surface area (Å²) in [4.78, 5) is 14.3. The van der Waals surface area contributed by atoms with E-state index in [0.29, 0.717) is 0 Å². The lowest BCUT2D eigenvalue weighted by molar-refractivity contribution is 0.0470. The molecule has 1 aliphatic heterocycles. The second kappa shape index (κ2) is 7.99. The third-order valence-corrected chi connectivity index (χ3v) is 5.16. The SMILES string of the molecule is CC(C)(C)OC(=O)N[C@H]1CCCN(Cc2c(Br)cccc2Br)C1. The Balaban J connectivity index is 1.92. The van der Waals surface area contributed by atoms with Gasteiger partial charge in [0.1, 0.15) is 5.60 Å². The lowest BCUT2D eigenvalue weighted by atomic mass is 10.0. The fourth-order valence-electron chi connectivity index (χ4n) is 2.70. The molecular formula is C17H24Br2N2O2. The molecule has 128 valence electrons. The van der Waals surface area contributed by atoms with Crippen molar-refractivity contribution in [2.24, 2.45) is 0 Å². The molecule has 1 heterocycles. The van der Waals surface area contributed by atoms with Crippen molar-refractivity contribution in [3.05, 3.63) is 32.7 Å². The number of amides is 1. The molecule has 1 amide bonds. The van der Waals surface area contributed by atoms with Crippen molar-refractivity contribution in [2.75, 3.05) is 13.1 Å². The van der Waals surface area contributed by atoms with Crippen LogP contribution >= 0.6 is 31.9 Å². The number of alkyl carbamates (subject to hydrolysis) is 1. The lowest BCUT2D eigenvalue weighted by Gasteiger charge is -2.34. The summed E-state index contributed by atoms with van der Waals surface area (Å²) in [7, 11) is 0. The van der Waals surface area contributed by atoms with E-state index in [4.69, 9.17) is 4.74 Å². The standard InChI is InChI=1S/C17H24Br2N2O2/c1-17(2,3)23-16(22)20-12-6-5-9-21(10-12)11-13-14(18)7-4-8-15(13)19/h4,7-8,12H,5-6,9-11H2,1-3H3,(H,20,22)/t12-/m0/s1. The molecule has 23 heavy (non-hydrogen) atoms. The van der Waals surface area contributed by atoms with Crippen LogP contribution in [0, 0.1) is 0 Å². The Kier molecular flexibility index (Phi) is 6.51. The van der Waals surface area contributed by atoms with E-state index in [2.05, 4.69) is 54.2 Å². The van der Waals surface area contributed by atoms with Gasteiger partial charge in [0.05, 0.1) is 0 Å². The number of carbonyl (C=O) groups is 1. The maximum atomic E-state index is 11.9. The quantitative estimate of drug-likeness (QED) is 0.729. The van der Waals surface area contributed by atoms with Crippen molar-refractivity contribution in [1.29, 1.82) is 0 Å². The fourth-order valence-corrected chi connectivity index (χ4v) is 3.95. The minimum absolute atomic E-state index is 0.139. The van der Waals surface area contributed by atoms with Gasteiger partial charge in [-0.15, -0.1) is 0 Å². The lowest BCUT2D eigenvalue weighted by Crippen LogP contribution is -2.48. The van der Waals surface area contributed by atoms with Gasteiger partial charge in [0, 0.05) is 28.1 Å². The van der Waals surface area contributed by atoms with Gasteiger partial charge >= 0.3 is 6.09 Å². The smallest absolute Gasteiger partial charge is 0.407 e. The second-order valence-electron chi connectivity index (χ2n) is 6.92. The van der Waals surface area contributed by atoms with E-state index in [-0.39, 0.29) is 12.1 Å². The number of carbonyl (C=O) groups excluding carboxylic acids is 1.